The molecule has 200 valence electrons. The Morgan fingerprint density at radius 1 is 0.525 bits per heavy atom. The van der Waals surface area contributed by atoms with E-state index in [2.05, 4.69) is 102 Å². The van der Waals surface area contributed by atoms with Crippen LogP contribution in [0.3, 0.4) is 0 Å². The highest BCUT2D eigenvalue weighted by atomic mass is 16.7. The van der Waals surface area contributed by atoms with Crippen LogP contribution in [0, 0.1) is 0 Å². The molecule has 0 radical (unpaired) electrons. The fourth-order valence-corrected chi connectivity index (χ4v) is 4.49. The van der Waals surface area contributed by atoms with Gasteiger partial charge in [-0.05, 0) is 71.8 Å². The number of ether oxygens (including phenoxy) is 1. The first kappa shape index (κ1) is 26.7. The summed E-state index contributed by atoms with van der Waals surface area (Å²) in [5, 5.41) is 1.82. The van der Waals surface area contributed by atoms with E-state index < -0.39 is 0 Å². The van der Waals surface area contributed by atoms with Crippen LogP contribution in [0.15, 0.2) is 140 Å². The van der Waals surface area contributed by atoms with E-state index in [1.54, 1.807) is 0 Å². The number of carbonyl (C=O) groups excluding carboxylic acids is 1. The summed E-state index contributed by atoms with van der Waals surface area (Å²) in [6.07, 6.45) is 0.607. The van der Waals surface area contributed by atoms with Crippen molar-refractivity contribution in [1.82, 2.24) is 0 Å². The summed E-state index contributed by atoms with van der Waals surface area (Å²) in [6.45, 7) is 2.17. The van der Waals surface area contributed by atoms with Crippen molar-refractivity contribution in [2.75, 3.05) is 23.2 Å². The number of carbonyl (C=O) groups is 1. The van der Waals surface area contributed by atoms with E-state index in [9.17, 15) is 4.79 Å². The molecule has 5 nitrogen and oxygen atoms in total. The highest BCUT2D eigenvalue weighted by Crippen LogP contribution is 2.35. The van der Waals surface area contributed by atoms with E-state index >= 15 is 0 Å². The molecule has 40 heavy (non-hydrogen) atoms. The molecule has 5 heteroatoms. The van der Waals surface area contributed by atoms with Crippen molar-refractivity contribution in [2.45, 2.75) is 13.3 Å². The number of para-hydroxylation sites is 3. The number of hydrogen-bond acceptors (Lipinski definition) is 5. The smallest absolute Gasteiger partial charge is 0.302 e. The number of esters is 1. The lowest BCUT2D eigenvalue weighted by atomic mass is 10.0. The minimum Gasteiger partial charge on any atom is -0.466 e. The lowest BCUT2D eigenvalue weighted by Gasteiger charge is -2.25. The maximum absolute atomic E-state index is 11.0. The van der Waals surface area contributed by atoms with Crippen molar-refractivity contribution in [1.29, 1.82) is 0 Å². The number of anilines is 5. The molecular formula is C35H32N2O3. The van der Waals surface area contributed by atoms with E-state index in [1.165, 1.54) is 6.92 Å². The second kappa shape index (κ2) is 13.3. The van der Waals surface area contributed by atoms with Crippen LogP contribution in [0.25, 0.3) is 11.1 Å². The summed E-state index contributed by atoms with van der Waals surface area (Å²) in [5.74, 6) is -0.281. The molecule has 0 N–H and O–H groups in total. The molecule has 0 atom stereocenters. The zero-order valence-corrected chi connectivity index (χ0v) is 22.5. The van der Waals surface area contributed by atoms with E-state index in [0.717, 1.165) is 39.6 Å². The van der Waals surface area contributed by atoms with Crippen LogP contribution >= 0.6 is 0 Å². The predicted molar refractivity (Wildman–Crippen MR) is 162 cm³/mol. The van der Waals surface area contributed by atoms with Crippen LogP contribution in [0.5, 0.6) is 0 Å². The summed E-state index contributed by atoms with van der Waals surface area (Å²) in [6, 6.07) is 47.7. The maximum atomic E-state index is 11.0. The summed E-state index contributed by atoms with van der Waals surface area (Å²) in [5.41, 5.74) is 7.40. The van der Waals surface area contributed by atoms with Crippen LogP contribution in [0.1, 0.15) is 13.3 Å². The molecule has 0 unspecified atom stereocenters. The SMILES string of the molecule is CC(=O)OCCCON(c1ccccc1)c1ccc(-c2ccc(N(c3ccccc3)c3ccccc3)cc2)cc1. The molecule has 0 fully saturated rings. The van der Waals surface area contributed by atoms with E-state index in [0.29, 0.717) is 19.6 Å². The topological polar surface area (TPSA) is 42.0 Å². The predicted octanol–water partition coefficient (Wildman–Crippen LogP) is 8.85. The Hall–Kier alpha value is -4.87. The Morgan fingerprint density at radius 3 is 1.40 bits per heavy atom. The van der Waals surface area contributed by atoms with Gasteiger partial charge in [0, 0.05) is 30.4 Å². The van der Waals surface area contributed by atoms with Crippen LogP contribution in [0.2, 0.25) is 0 Å². The summed E-state index contributed by atoms with van der Waals surface area (Å²) < 4.78 is 5.03. The third kappa shape index (κ3) is 6.76. The van der Waals surface area contributed by atoms with Crippen LogP contribution in [-0.4, -0.2) is 19.2 Å². The van der Waals surface area contributed by atoms with Gasteiger partial charge in [0.05, 0.1) is 24.6 Å². The maximum Gasteiger partial charge on any atom is 0.302 e. The van der Waals surface area contributed by atoms with Gasteiger partial charge in [-0.15, -0.1) is 0 Å². The summed E-state index contributed by atoms with van der Waals surface area (Å²) in [7, 11) is 0. The Bertz CT molecular complexity index is 1430. The van der Waals surface area contributed by atoms with Gasteiger partial charge in [-0.1, -0.05) is 78.9 Å². The first-order valence-corrected chi connectivity index (χ1v) is 13.4. The molecular weight excluding hydrogens is 496 g/mol. The molecule has 0 spiro atoms. The number of nitrogens with zero attached hydrogens (tertiary/aromatic N) is 2. The van der Waals surface area contributed by atoms with Crippen molar-refractivity contribution in [3.05, 3.63) is 140 Å². The van der Waals surface area contributed by atoms with Crippen LogP contribution in [0.4, 0.5) is 28.4 Å². The van der Waals surface area contributed by atoms with Gasteiger partial charge in [-0.2, -0.15) is 0 Å². The van der Waals surface area contributed by atoms with E-state index in [1.807, 2.05) is 47.5 Å². The van der Waals surface area contributed by atoms with E-state index in [-0.39, 0.29) is 5.97 Å². The molecule has 5 rings (SSSR count). The van der Waals surface area contributed by atoms with Gasteiger partial charge in [0.2, 0.25) is 0 Å². The average Bonchev–Trinajstić information content (AvgIpc) is 3.01. The van der Waals surface area contributed by atoms with Gasteiger partial charge in [-0.3, -0.25) is 9.63 Å². The minimum atomic E-state index is -0.281. The highest BCUT2D eigenvalue weighted by molar-refractivity contribution is 5.78. The second-order valence-electron chi connectivity index (χ2n) is 9.26. The van der Waals surface area contributed by atoms with Crippen molar-refractivity contribution >= 4 is 34.4 Å². The van der Waals surface area contributed by atoms with E-state index in [4.69, 9.17) is 9.57 Å². The molecule has 5 aromatic rings. The molecule has 0 aliphatic rings. The molecule has 0 bridgehead atoms. The summed E-state index contributed by atoms with van der Waals surface area (Å²) in [4.78, 5) is 19.4. The number of hydrogen-bond donors (Lipinski definition) is 0. The summed E-state index contributed by atoms with van der Waals surface area (Å²) >= 11 is 0. The minimum absolute atomic E-state index is 0.281. The Morgan fingerprint density at radius 2 is 0.925 bits per heavy atom. The van der Waals surface area contributed by atoms with Gasteiger partial charge in [-0.25, -0.2) is 5.06 Å². The Kier molecular flexibility index (Phi) is 8.87. The van der Waals surface area contributed by atoms with Crippen LogP contribution in [-0.2, 0) is 14.4 Å². The van der Waals surface area contributed by atoms with Crippen molar-refractivity contribution in [3.8, 4) is 11.1 Å². The molecule has 0 amide bonds. The van der Waals surface area contributed by atoms with Crippen molar-refractivity contribution < 1.29 is 14.4 Å². The molecule has 5 aromatic carbocycles. The number of rotatable bonds is 11. The standard InChI is InChI=1S/C35H32N2O3/c1-28(38)39-26-11-27-40-37(34-16-9-4-10-17-34)35-24-20-30(21-25-35)29-18-22-33(23-19-29)36(31-12-5-2-6-13-31)32-14-7-3-8-15-32/h2-10,12-25H,11,26-27H2,1H3. The first-order valence-electron chi connectivity index (χ1n) is 13.4. The van der Waals surface area contributed by atoms with Gasteiger partial charge in [0.25, 0.3) is 0 Å². The fraction of sp³-hybridized carbons (Fsp3) is 0.114. The lowest BCUT2D eigenvalue weighted by molar-refractivity contribution is -0.141. The monoisotopic (exact) mass is 528 g/mol. The van der Waals surface area contributed by atoms with Gasteiger partial charge in [0.15, 0.2) is 0 Å². The third-order valence-corrected chi connectivity index (χ3v) is 6.39. The highest BCUT2D eigenvalue weighted by Gasteiger charge is 2.13. The fourth-order valence-electron chi connectivity index (χ4n) is 4.49. The normalized spacial score (nSPS) is 10.6. The van der Waals surface area contributed by atoms with Gasteiger partial charge in [0.1, 0.15) is 0 Å². The van der Waals surface area contributed by atoms with Gasteiger partial charge < -0.3 is 9.64 Å². The van der Waals surface area contributed by atoms with Crippen LogP contribution < -0.4 is 9.96 Å². The number of benzene rings is 5. The van der Waals surface area contributed by atoms with Crippen molar-refractivity contribution in [3.63, 3.8) is 0 Å². The second-order valence-corrected chi connectivity index (χ2v) is 9.26. The third-order valence-electron chi connectivity index (χ3n) is 6.39. The van der Waals surface area contributed by atoms with Gasteiger partial charge >= 0.3 is 5.97 Å². The molecule has 0 aromatic heterocycles. The zero-order chi connectivity index (χ0) is 27.6. The zero-order valence-electron chi connectivity index (χ0n) is 22.5. The molecule has 0 saturated carbocycles. The quantitative estimate of drug-likeness (QED) is 0.0973. The molecule has 0 heterocycles. The molecule has 0 aliphatic heterocycles. The molecule has 0 aliphatic carbocycles. The lowest BCUT2D eigenvalue weighted by Crippen LogP contribution is -2.19. The first-order chi connectivity index (χ1) is 19.7. The largest absolute Gasteiger partial charge is 0.466 e. The van der Waals surface area contributed by atoms with Crippen molar-refractivity contribution in [2.24, 2.45) is 0 Å². The Labute approximate surface area is 235 Å². The Balaban J connectivity index is 1.35. The average molecular weight is 529 g/mol. The molecule has 0 saturated heterocycles.